The molecule has 10 heteroatoms. The van der Waals surface area contributed by atoms with Gasteiger partial charge in [0.2, 0.25) is 5.91 Å². The number of nitrogens with one attached hydrogen (secondary N) is 5. The highest BCUT2D eigenvalue weighted by Gasteiger charge is 2.45. The van der Waals surface area contributed by atoms with Gasteiger partial charge in [-0.2, -0.15) is 5.26 Å². The molecule has 3 aliphatic rings. The first-order chi connectivity index (χ1) is 15.7. The van der Waals surface area contributed by atoms with Crippen molar-refractivity contribution < 1.29 is 14.6 Å². The fourth-order valence-corrected chi connectivity index (χ4v) is 4.68. The number of fused-ring (bicyclic) bond motifs is 1. The predicted molar refractivity (Wildman–Crippen MR) is 119 cm³/mol. The Bertz CT molecular complexity index is 792. The molecule has 1 amide bonds. The number of ether oxygens (including phenoxy) is 1. The fraction of sp³-hybridized carbons (Fsp3) is 0.636. The molecule has 4 rings (SSSR count). The Morgan fingerprint density at radius 2 is 2.00 bits per heavy atom. The van der Waals surface area contributed by atoms with Crippen LogP contribution in [-0.2, 0) is 4.79 Å². The van der Waals surface area contributed by atoms with Crippen LogP contribution in [0.5, 0.6) is 5.75 Å². The van der Waals surface area contributed by atoms with E-state index in [9.17, 15) is 4.79 Å². The van der Waals surface area contributed by atoms with Crippen LogP contribution in [0.4, 0.5) is 5.69 Å². The number of aliphatic hydroxyl groups is 1. The van der Waals surface area contributed by atoms with E-state index in [1.807, 2.05) is 24.3 Å². The zero-order chi connectivity index (χ0) is 22.3. The molecule has 0 aromatic heterocycles. The number of benzene rings is 1. The number of hydrogen-bond acceptors (Lipinski definition) is 9. The molecule has 1 aromatic carbocycles. The summed E-state index contributed by atoms with van der Waals surface area (Å²) in [5.74, 6) is 0.901. The number of likely N-dealkylation sites (tertiary alicyclic amines) is 1. The van der Waals surface area contributed by atoms with Gasteiger partial charge in [0.05, 0.1) is 24.8 Å². The summed E-state index contributed by atoms with van der Waals surface area (Å²) >= 11 is 0. The second-order valence-corrected chi connectivity index (χ2v) is 8.65. The Morgan fingerprint density at radius 3 is 2.72 bits per heavy atom. The van der Waals surface area contributed by atoms with Gasteiger partial charge in [-0.1, -0.05) is 0 Å². The topological polar surface area (TPSA) is 134 Å². The molecule has 4 atom stereocenters. The van der Waals surface area contributed by atoms with E-state index in [1.165, 1.54) is 0 Å². The van der Waals surface area contributed by atoms with Crippen LogP contribution in [0.25, 0.3) is 0 Å². The normalized spacial score (nSPS) is 28.9. The van der Waals surface area contributed by atoms with Gasteiger partial charge in [-0.05, 0) is 43.0 Å². The molecule has 3 heterocycles. The summed E-state index contributed by atoms with van der Waals surface area (Å²) in [5, 5.41) is 28.6. The minimum Gasteiger partial charge on any atom is -0.494 e. The second-order valence-electron chi connectivity index (χ2n) is 8.65. The van der Waals surface area contributed by atoms with Crippen molar-refractivity contribution in [3.05, 3.63) is 24.3 Å². The number of carbonyl (C=O) groups excluding carboxylic acids is 1. The minimum atomic E-state index is -0.274. The summed E-state index contributed by atoms with van der Waals surface area (Å²) in [5.41, 5.74) is 6.64. The summed E-state index contributed by atoms with van der Waals surface area (Å²) in [6.07, 6.45) is 2.95. The maximum absolute atomic E-state index is 12.6. The molecule has 32 heavy (non-hydrogen) atoms. The fourth-order valence-electron chi connectivity index (χ4n) is 4.68. The molecule has 0 bridgehead atoms. The third-order valence-corrected chi connectivity index (χ3v) is 6.48. The van der Waals surface area contributed by atoms with Gasteiger partial charge in [-0.15, -0.1) is 0 Å². The van der Waals surface area contributed by atoms with Gasteiger partial charge in [0.25, 0.3) is 0 Å². The van der Waals surface area contributed by atoms with Crippen molar-refractivity contribution >= 4 is 11.6 Å². The summed E-state index contributed by atoms with van der Waals surface area (Å²) in [4.78, 5) is 15.0. The molecule has 4 unspecified atom stereocenters. The Morgan fingerprint density at radius 1 is 1.22 bits per heavy atom. The number of amides is 1. The molecule has 3 aliphatic heterocycles. The van der Waals surface area contributed by atoms with Crippen molar-refractivity contribution in [3.8, 4) is 11.8 Å². The molecule has 1 aromatic rings. The highest BCUT2D eigenvalue weighted by molar-refractivity contribution is 5.81. The highest BCUT2D eigenvalue weighted by Crippen LogP contribution is 2.26. The number of anilines is 1. The van der Waals surface area contributed by atoms with Gasteiger partial charge >= 0.3 is 0 Å². The van der Waals surface area contributed by atoms with E-state index in [0.29, 0.717) is 31.9 Å². The average Bonchev–Trinajstić information content (AvgIpc) is 2.81. The van der Waals surface area contributed by atoms with E-state index in [1.54, 1.807) is 0 Å². The molecule has 0 radical (unpaired) electrons. The lowest BCUT2D eigenvalue weighted by Crippen LogP contribution is -2.77. The Kier molecular flexibility index (Phi) is 7.78. The molecule has 3 saturated heterocycles. The number of rotatable bonds is 8. The van der Waals surface area contributed by atoms with Crippen LogP contribution in [0.2, 0.25) is 0 Å². The van der Waals surface area contributed by atoms with E-state index in [-0.39, 0.29) is 36.9 Å². The Balaban J connectivity index is 1.41. The first-order valence-corrected chi connectivity index (χ1v) is 11.4. The molecule has 174 valence electrons. The van der Waals surface area contributed by atoms with Crippen LogP contribution >= 0.6 is 0 Å². The Labute approximate surface area is 188 Å². The van der Waals surface area contributed by atoms with Crippen molar-refractivity contribution in [1.29, 1.82) is 5.26 Å². The maximum atomic E-state index is 12.6. The monoisotopic (exact) mass is 443 g/mol. The van der Waals surface area contributed by atoms with Crippen molar-refractivity contribution in [1.82, 2.24) is 26.4 Å². The predicted octanol–water partition coefficient (Wildman–Crippen LogP) is -0.0929. The number of carbonyl (C=O) groups is 1. The van der Waals surface area contributed by atoms with Gasteiger partial charge < -0.3 is 15.2 Å². The van der Waals surface area contributed by atoms with Crippen LogP contribution in [0.1, 0.15) is 25.7 Å². The van der Waals surface area contributed by atoms with Crippen molar-refractivity contribution in [2.45, 2.75) is 44.2 Å². The zero-order valence-electron chi connectivity index (χ0n) is 18.2. The summed E-state index contributed by atoms with van der Waals surface area (Å²) in [6.45, 7) is 3.07. The number of nitriles is 1. The average molecular weight is 444 g/mol. The molecule has 0 saturated carbocycles. The quantitative estimate of drug-likeness (QED) is 0.305. The zero-order valence-corrected chi connectivity index (χ0v) is 18.2. The SMILES string of the molecule is N#CCC1CCN(C2NC3CNNC(=O)C3C(Nc3ccc(OCCCO)cc3)N2)CC1. The minimum absolute atomic E-state index is 0.00887. The van der Waals surface area contributed by atoms with Crippen molar-refractivity contribution in [2.75, 3.05) is 38.2 Å². The third kappa shape index (κ3) is 5.49. The lowest BCUT2D eigenvalue weighted by molar-refractivity contribution is -0.132. The highest BCUT2D eigenvalue weighted by atomic mass is 16.5. The second kappa shape index (κ2) is 10.9. The first-order valence-electron chi connectivity index (χ1n) is 11.4. The van der Waals surface area contributed by atoms with E-state index in [4.69, 9.17) is 15.1 Å². The number of hydrogen-bond donors (Lipinski definition) is 6. The van der Waals surface area contributed by atoms with Gasteiger partial charge in [-0.3, -0.25) is 25.8 Å². The number of aliphatic hydroxyl groups excluding tert-OH is 1. The smallest absolute Gasteiger partial charge is 0.242 e. The van der Waals surface area contributed by atoms with Crippen LogP contribution in [0, 0.1) is 23.2 Å². The number of piperidine rings is 1. The van der Waals surface area contributed by atoms with E-state index in [0.717, 1.165) is 37.4 Å². The van der Waals surface area contributed by atoms with Crippen molar-refractivity contribution in [3.63, 3.8) is 0 Å². The molecule has 6 N–H and O–H groups in total. The summed E-state index contributed by atoms with van der Waals surface area (Å²) < 4.78 is 5.60. The van der Waals surface area contributed by atoms with Gasteiger partial charge in [0, 0.05) is 50.8 Å². The molecule has 3 fully saturated rings. The van der Waals surface area contributed by atoms with Crippen LogP contribution in [-0.4, -0.2) is 67.3 Å². The third-order valence-electron chi connectivity index (χ3n) is 6.48. The van der Waals surface area contributed by atoms with Gasteiger partial charge in [-0.25, -0.2) is 5.43 Å². The number of hydrazine groups is 1. The van der Waals surface area contributed by atoms with E-state index in [2.05, 4.69) is 37.8 Å². The van der Waals surface area contributed by atoms with Crippen molar-refractivity contribution in [2.24, 2.45) is 11.8 Å². The van der Waals surface area contributed by atoms with Crippen LogP contribution in [0.3, 0.4) is 0 Å². The molecule has 0 spiro atoms. The standard InChI is InChI=1S/C22H33N7O3/c23-9-6-15-7-10-29(11-8-15)22-26-18-14-24-28-21(31)19(18)20(27-22)25-16-2-4-17(5-3-16)32-13-1-12-30/h2-5,15,18-20,22,24-27,30H,1,6-8,10-14H2,(H,28,31). The van der Waals surface area contributed by atoms with Gasteiger partial charge in [0.15, 0.2) is 0 Å². The van der Waals surface area contributed by atoms with Crippen LogP contribution < -0.4 is 31.5 Å². The summed E-state index contributed by atoms with van der Waals surface area (Å²) in [7, 11) is 0. The summed E-state index contributed by atoms with van der Waals surface area (Å²) in [6, 6.07) is 9.94. The van der Waals surface area contributed by atoms with Gasteiger partial charge in [0.1, 0.15) is 12.0 Å². The van der Waals surface area contributed by atoms with E-state index < -0.39 is 0 Å². The first kappa shape index (κ1) is 22.8. The lowest BCUT2D eigenvalue weighted by Gasteiger charge is -2.49. The maximum Gasteiger partial charge on any atom is 0.242 e. The largest absolute Gasteiger partial charge is 0.494 e. The molecule has 0 aliphatic carbocycles. The lowest BCUT2D eigenvalue weighted by atomic mass is 9.90. The molecule has 10 nitrogen and oxygen atoms in total. The molecular weight excluding hydrogens is 410 g/mol. The van der Waals surface area contributed by atoms with E-state index >= 15 is 0 Å². The Hall–Kier alpha value is -2.42. The molecular formula is C22H33N7O3. The van der Waals surface area contributed by atoms with Crippen LogP contribution in [0.15, 0.2) is 24.3 Å². The number of nitrogens with zero attached hydrogens (tertiary/aromatic N) is 2.